The predicted molar refractivity (Wildman–Crippen MR) is 92.2 cm³/mol. The molecule has 2 aromatic rings. The summed E-state index contributed by atoms with van der Waals surface area (Å²) in [6.07, 6.45) is 0. The van der Waals surface area contributed by atoms with E-state index in [0.717, 1.165) is 49.0 Å². The number of benzene rings is 2. The third-order valence-electron chi connectivity index (χ3n) is 4.10. The van der Waals surface area contributed by atoms with E-state index in [0.29, 0.717) is 4.47 Å². The van der Waals surface area contributed by atoms with E-state index in [2.05, 4.69) is 26.9 Å². The minimum absolute atomic E-state index is 0.206. The molecule has 1 aliphatic heterocycles. The second kappa shape index (κ2) is 6.99. The SMILES string of the molecule is Fc1ccc(C[NH+]2CCN(c3ccccc3Cl)CC2)cc1Br. The summed E-state index contributed by atoms with van der Waals surface area (Å²) in [5.74, 6) is -0.206. The fraction of sp³-hybridized carbons (Fsp3) is 0.294. The molecule has 2 nitrogen and oxygen atoms in total. The van der Waals surface area contributed by atoms with Gasteiger partial charge in [0.2, 0.25) is 0 Å². The number of nitrogens with one attached hydrogen (secondary N) is 1. The minimum Gasteiger partial charge on any atom is -0.359 e. The Morgan fingerprint density at radius 3 is 2.55 bits per heavy atom. The summed E-state index contributed by atoms with van der Waals surface area (Å²) in [6, 6.07) is 13.3. The Morgan fingerprint density at radius 1 is 1.14 bits per heavy atom. The van der Waals surface area contributed by atoms with Crippen molar-refractivity contribution in [3.8, 4) is 0 Å². The van der Waals surface area contributed by atoms with Gasteiger partial charge in [-0.1, -0.05) is 29.8 Å². The molecule has 1 fully saturated rings. The smallest absolute Gasteiger partial charge is 0.137 e. The van der Waals surface area contributed by atoms with Crippen molar-refractivity contribution in [1.82, 2.24) is 0 Å². The van der Waals surface area contributed by atoms with Crippen LogP contribution in [-0.4, -0.2) is 26.2 Å². The summed E-state index contributed by atoms with van der Waals surface area (Å²) in [6.45, 7) is 5.01. The van der Waals surface area contributed by atoms with Crippen LogP contribution in [0.2, 0.25) is 5.02 Å². The number of rotatable bonds is 3. The molecule has 0 atom stereocenters. The van der Waals surface area contributed by atoms with Crippen molar-refractivity contribution in [2.45, 2.75) is 6.54 Å². The molecule has 0 unspecified atom stereocenters. The van der Waals surface area contributed by atoms with E-state index in [9.17, 15) is 4.39 Å². The molecule has 5 heteroatoms. The van der Waals surface area contributed by atoms with Crippen LogP contribution in [0.25, 0.3) is 0 Å². The molecule has 3 rings (SSSR count). The quantitative estimate of drug-likeness (QED) is 0.854. The van der Waals surface area contributed by atoms with Gasteiger partial charge in [0, 0.05) is 5.56 Å². The molecule has 0 aliphatic carbocycles. The molecule has 1 heterocycles. The number of para-hydroxylation sites is 1. The van der Waals surface area contributed by atoms with Crippen LogP contribution < -0.4 is 9.80 Å². The number of hydrogen-bond acceptors (Lipinski definition) is 1. The van der Waals surface area contributed by atoms with Gasteiger partial charge in [0.05, 0.1) is 41.4 Å². The predicted octanol–water partition coefficient (Wildman–Crippen LogP) is 3.15. The van der Waals surface area contributed by atoms with Crippen LogP contribution in [0.1, 0.15) is 5.56 Å². The average molecular weight is 385 g/mol. The maximum atomic E-state index is 13.3. The second-order valence-electron chi connectivity index (χ2n) is 5.61. The zero-order valence-electron chi connectivity index (χ0n) is 12.2. The molecule has 1 saturated heterocycles. The summed E-state index contributed by atoms with van der Waals surface area (Å²) in [4.78, 5) is 3.86. The molecule has 1 aliphatic rings. The van der Waals surface area contributed by atoms with E-state index in [1.165, 1.54) is 11.0 Å². The standard InChI is InChI=1S/C17H17BrClFN2/c18-14-11-13(5-6-16(14)20)12-21-7-9-22(10-8-21)17-4-2-1-3-15(17)19/h1-6,11H,7-10,12H2/p+1. The highest BCUT2D eigenvalue weighted by atomic mass is 79.9. The van der Waals surface area contributed by atoms with E-state index >= 15 is 0 Å². The molecule has 0 radical (unpaired) electrons. The van der Waals surface area contributed by atoms with Gasteiger partial charge in [0.1, 0.15) is 12.4 Å². The lowest BCUT2D eigenvalue weighted by Crippen LogP contribution is -3.13. The van der Waals surface area contributed by atoms with Crippen LogP contribution in [0, 0.1) is 5.82 Å². The third kappa shape index (κ3) is 3.62. The monoisotopic (exact) mass is 383 g/mol. The molecule has 22 heavy (non-hydrogen) atoms. The van der Waals surface area contributed by atoms with Gasteiger partial charge < -0.3 is 9.80 Å². The molecule has 0 spiro atoms. The van der Waals surface area contributed by atoms with Gasteiger partial charge in [0.25, 0.3) is 0 Å². The molecule has 116 valence electrons. The zero-order valence-corrected chi connectivity index (χ0v) is 14.5. The lowest BCUT2D eigenvalue weighted by molar-refractivity contribution is -0.914. The Balaban J connectivity index is 1.60. The Hall–Kier alpha value is -1.10. The maximum Gasteiger partial charge on any atom is 0.137 e. The third-order valence-corrected chi connectivity index (χ3v) is 5.03. The van der Waals surface area contributed by atoms with Crippen molar-refractivity contribution in [1.29, 1.82) is 0 Å². The lowest BCUT2D eigenvalue weighted by Gasteiger charge is -2.34. The van der Waals surface area contributed by atoms with Crippen molar-refractivity contribution in [3.63, 3.8) is 0 Å². The highest BCUT2D eigenvalue weighted by Gasteiger charge is 2.21. The van der Waals surface area contributed by atoms with Crippen molar-refractivity contribution < 1.29 is 9.29 Å². The first-order valence-electron chi connectivity index (χ1n) is 7.40. The largest absolute Gasteiger partial charge is 0.359 e. The van der Waals surface area contributed by atoms with Gasteiger partial charge >= 0.3 is 0 Å². The number of hydrogen-bond donors (Lipinski definition) is 1. The Labute approximate surface area is 143 Å². The van der Waals surface area contributed by atoms with Crippen molar-refractivity contribution >= 4 is 33.2 Å². The second-order valence-corrected chi connectivity index (χ2v) is 6.88. The van der Waals surface area contributed by atoms with Crippen LogP contribution in [0.4, 0.5) is 10.1 Å². The van der Waals surface area contributed by atoms with E-state index in [-0.39, 0.29) is 5.82 Å². The van der Waals surface area contributed by atoms with Crippen molar-refractivity contribution in [2.24, 2.45) is 0 Å². The number of quaternary nitrogens is 1. The molecular formula is C17H18BrClFN2+. The number of anilines is 1. The van der Waals surface area contributed by atoms with E-state index < -0.39 is 0 Å². The van der Waals surface area contributed by atoms with Gasteiger partial charge in [-0.15, -0.1) is 0 Å². The fourth-order valence-corrected chi connectivity index (χ4v) is 3.57. The first-order valence-corrected chi connectivity index (χ1v) is 8.57. The van der Waals surface area contributed by atoms with Gasteiger partial charge in [-0.3, -0.25) is 0 Å². The summed E-state index contributed by atoms with van der Waals surface area (Å²) in [5, 5.41) is 0.813. The highest BCUT2D eigenvalue weighted by Crippen LogP contribution is 2.24. The van der Waals surface area contributed by atoms with Crippen LogP contribution in [0.5, 0.6) is 0 Å². The van der Waals surface area contributed by atoms with Gasteiger partial charge in [0.15, 0.2) is 0 Å². The van der Waals surface area contributed by atoms with E-state index in [1.807, 2.05) is 30.3 Å². The lowest BCUT2D eigenvalue weighted by atomic mass is 10.2. The maximum absolute atomic E-state index is 13.3. The average Bonchev–Trinajstić information content (AvgIpc) is 2.52. The molecule has 0 bridgehead atoms. The van der Waals surface area contributed by atoms with Crippen LogP contribution >= 0.6 is 27.5 Å². The van der Waals surface area contributed by atoms with Crippen LogP contribution in [0.15, 0.2) is 46.9 Å². The van der Waals surface area contributed by atoms with Gasteiger partial charge in [-0.2, -0.15) is 0 Å². The van der Waals surface area contributed by atoms with Crippen LogP contribution in [0.3, 0.4) is 0 Å². The molecule has 0 amide bonds. The van der Waals surface area contributed by atoms with E-state index in [4.69, 9.17) is 11.6 Å². The fourth-order valence-electron chi connectivity index (χ4n) is 2.89. The molecule has 1 N–H and O–H groups in total. The van der Waals surface area contributed by atoms with Crippen LogP contribution in [-0.2, 0) is 6.54 Å². The summed E-state index contributed by atoms with van der Waals surface area (Å²) in [7, 11) is 0. The normalized spacial score (nSPS) is 16.0. The van der Waals surface area contributed by atoms with Crippen molar-refractivity contribution in [2.75, 3.05) is 31.1 Å². The number of halogens is 3. The minimum atomic E-state index is -0.206. The molecule has 0 saturated carbocycles. The summed E-state index contributed by atoms with van der Waals surface area (Å²) < 4.78 is 13.8. The molecular weight excluding hydrogens is 367 g/mol. The first kappa shape index (κ1) is 15.8. The Kier molecular flexibility index (Phi) is 5.01. The van der Waals surface area contributed by atoms with E-state index in [1.54, 1.807) is 0 Å². The molecule has 0 aromatic heterocycles. The highest BCUT2D eigenvalue weighted by molar-refractivity contribution is 9.10. The van der Waals surface area contributed by atoms with Gasteiger partial charge in [-0.05, 0) is 40.2 Å². The number of nitrogens with zero attached hydrogens (tertiary/aromatic N) is 1. The Bertz CT molecular complexity index is 657. The number of piperazine rings is 1. The van der Waals surface area contributed by atoms with Crippen molar-refractivity contribution in [3.05, 3.63) is 63.3 Å². The zero-order chi connectivity index (χ0) is 15.5. The van der Waals surface area contributed by atoms with Gasteiger partial charge in [-0.25, -0.2) is 4.39 Å². The topological polar surface area (TPSA) is 7.68 Å². The molecule has 2 aromatic carbocycles. The summed E-state index contributed by atoms with van der Waals surface area (Å²) >= 11 is 9.52. The Morgan fingerprint density at radius 2 is 1.86 bits per heavy atom. The summed E-state index contributed by atoms with van der Waals surface area (Å²) in [5.41, 5.74) is 2.28. The first-order chi connectivity index (χ1) is 10.6.